The number of hydrogen-bond acceptors (Lipinski definition) is 5. The van der Waals surface area contributed by atoms with Crippen molar-refractivity contribution in [1.29, 1.82) is 0 Å². The number of amides is 1. The van der Waals surface area contributed by atoms with Gasteiger partial charge >= 0.3 is 0 Å². The Morgan fingerprint density at radius 1 is 1.10 bits per heavy atom. The van der Waals surface area contributed by atoms with Gasteiger partial charge in [-0.3, -0.25) is 4.79 Å². The van der Waals surface area contributed by atoms with Gasteiger partial charge in [-0.05, 0) is 45.3 Å². The normalized spacial score (nSPS) is 16.4. The van der Waals surface area contributed by atoms with E-state index >= 15 is 0 Å². The molecule has 1 amide bonds. The molecule has 2 rings (SSSR count). The van der Waals surface area contributed by atoms with Crippen LogP contribution in [0.15, 0.2) is 23.1 Å². The fourth-order valence-electron chi connectivity index (χ4n) is 3.45. The lowest BCUT2D eigenvalue weighted by atomic mass is 10.2. The lowest BCUT2D eigenvalue weighted by Crippen LogP contribution is -2.37. The number of benzene rings is 1. The number of carbonyl (C=O) groups is 1. The van der Waals surface area contributed by atoms with Crippen LogP contribution in [0.2, 0.25) is 5.02 Å². The number of hydrogen-bond donors (Lipinski definition) is 0. The van der Waals surface area contributed by atoms with Gasteiger partial charge in [-0.25, -0.2) is 8.42 Å². The second kappa shape index (κ2) is 10.7. The summed E-state index contributed by atoms with van der Waals surface area (Å²) in [5.41, 5.74) is 0.252. The minimum Gasteiger partial charge on any atom is -0.337 e. The standard InChI is InChI=1S/C20H33ClN4O3S/c1-5-25(6-2)29(27,28)17-8-9-19(21)18(16-17)20(26)24-11-7-10-23(14-15-24)13-12-22(3)4/h8-9,16H,5-7,10-15H2,1-4H3. The van der Waals surface area contributed by atoms with Crippen molar-refractivity contribution in [1.82, 2.24) is 19.0 Å². The largest absolute Gasteiger partial charge is 0.337 e. The van der Waals surface area contributed by atoms with Gasteiger partial charge in [0.2, 0.25) is 10.0 Å². The van der Waals surface area contributed by atoms with E-state index in [0.29, 0.717) is 26.2 Å². The van der Waals surface area contributed by atoms with Crippen LogP contribution in [-0.2, 0) is 10.0 Å². The zero-order chi connectivity index (χ0) is 21.6. The van der Waals surface area contributed by atoms with E-state index in [4.69, 9.17) is 11.6 Å². The second-order valence-corrected chi connectivity index (χ2v) is 9.87. The van der Waals surface area contributed by atoms with E-state index in [1.807, 2.05) is 0 Å². The van der Waals surface area contributed by atoms with Gasteiger partial charge in [0.1, 0.15) is 0 Å². The molecule has 0 bridgehead atoms. The van der Waals surface area contributed by atoms with Crippen molar-refractivity contribution in [3.63, 3.8) is 0 Å². The highest BCUT2D eigenvalue weighted by Crippen LogP contribution is 2.24. The van der Waals surface area contributed by atoms with Crippen molar-refractivity contribution in [3.05, 3.63) is 28.8 Å². The van der Waals surface area contributed by atoms with Crippen LogP contribution in [0, 0.1) is 0 Å². The van der Waals surface area contributed by atoms with Crippen molar-refractivity contribution >= 4 is 27.5 Å². The van der Waals surface area contributed by atoms with Crippen LogP contribution in [0.3, 0.4) is 0 Å². The summed E-state index contributed by atoms with van der Waals surface area (Å²) >= 11 is 6.29. The van der Waals surface area contributed by atoms with Crippen molar-refractivity contribution in [3.8, 4) is 0 Å². The lowest BCUT2D eigenvalue weighted by Gasteiger charge is -2.24. The van der Waals surface area contributed by atoms with E-state index in [1.165, 1.54) is 22.5 Å². The Bertz CT molecular complexity index is 797. The van der Waals surface area contributed by atoms with Crippen LogP contribution in [0.4, 0.5) is 0 Å². The quantitative estimate of drug-likeness (QED) is 0.614. The molecular weight excluding hydrogens is 412 g/mol. The van der Waals surface area contributed by atoms with Gasteiger partial charge in [0, 0.05) is 45.8 Å². The monoisotopic (exact) mass is 444 g/mol. The molecule has 0 aromatic heterocycles. The molecule has 7 nitrogen and oxygen atoms in total. The summed E-state index contributed by atoms with van der Waals surface area (Å²) in [6.45, 7) is 9.27. The van der Waals surface area contributed by atoms with E-state index < -0.39 is 10.0 Å². The molecule has 1 aliphatic heterocycles. The third-order valence-electron chi connectivity index (χ3n) is 5.25. The fourth-order valence-corrected chi connectivity index (χ4v) is 5.13. The third-order valence-corrected chi connectivity index (χ3v) is 7.63. The van der Waals surface area contributed by atoms with Crippen LogP contribution in [0.1, 0.15) is 30.6 Å². The summed E-state index contributed by atoms with van der Waals surface area (Å²) in [5.74, 6) is -0.207. The van der Waals surface area contributed by atoms with Crippen LogP contribution < -0.4 is 0 Å². The predicted molar refractivity (Wildman–Crippen MR) is 117 cm³/mol. The first kappa shape index (κ1) is 24.1. The Hall–Kier alpha value is -1.19. The average molecular weight is 445 g/mol. The van der Waals surface area contributed by atoms with Gasteiger partial charge in [-0.2, -0.15) is 4.31 Å². The summed E-state index contributed by atoms with van der Waals surface area (Å²) in [6.07, 6.45) is 0.883. The van der Waals surface area contributed by atoms with Crippen molar-refractivity contribution in [2.75, 3.05) is 66.5 Å². The van der Waals surface area contributed by atoms with Crippen LogP contribution in [-0.4, -0.2) is 99.8 Å². The molecule has 0 radical (unpaired) electrons. The molecule has 1 aromatic carbocycles. The zero-order valence-electron chi connectivity index (χ0n) is 17.9. The molecule has 0 atom stereocenters. The first-order valence-electron chi connectivity index (χ1n) is 10.2. The Morgan fingerprint density at radius 2 is 1.79 bits per heavy atom. The second-order valence-electron chi connectivity index (χ2n) is 7.52. The fraction of sp³-hybridized carbons (Fsp3) is 0.650. The van der Waals surface area contributed by atoms with Gasteiger partial charge in [0.25, 0.3) is 5.91 Å². The average Bonchev–Trinajstić information content (AvgIpc) is 2.92. The Balaban J connectivity index is 2.18. The highest BCUT2D eigenvalue weighted by molar-refractivity contribution is 7.89. The molecule has 1 fully saturated rings. The van der Waals surface area contributed by atoms with Gasteiger partial charge in [0.15, 0.2) is 0 Å². The Morgan fingerprint density at radius 3 is 2.41 bits per heavy atom. The van der Waals surface area contributed by atoms with E-state index in [-0.39, 0.29) is 21.4 Å². The molecule has 0 aliphatic carbocycles. The summed E-state index contributed by atoms with van der Waals surface area (Å²) in [5, 5.41) is 0.280. The number of halogens is 1. The molecule has 0 saturated carbocycles. The molecule has 0 spiro atoms. The SMILES string of the molecule is CCN(CC)S(=O)(=O)c1ccc(Cl)c(C(=O)N2CCCN(CCN(C)C)CC2)c1. The van der Waals surface area contributed by atoms with E-state index in [2.05, 4.69) is 23.9 Å². The molecule has 0 N–H and O–H groups in total. The van der Waals surface area contributed by atoms with Gasteiger partial charge in [-0.15, -0.1) is 0 Å². The summed E-state index contributed by atoms with van der Waals surface area (Å²) in [6, 6.07) is 4.40. The Labute approximate surface area is 180 Å². The van der Waals surface area contributed by atoms with Crippen molar-refractivity contribution in [2.45, 2.75) is 25.2 Å². The minimum atomic E-state index is -3.65. The van der Waals surface area contributed by atoms with Gasteiger partial charge < -0.3 is 14.7 Å². The molecule has 9 heteroatoms. The summed E-state index contributed by atoms with van der Waals surface area (Å²) in [7, 11) is 0.456. The third kappa shape index (κ3) is 6.15. The highest BCUT2D eigenvalue weighted by Gasteiger charge is 2.26. The molecule has 1 aliphatic rings. The number of carbonyl (C=O) groups excluding carboxylic acids is 1. The van der Waals surface area contributed by atoms with Crippen LogP contribution in [0.25, 0.3) is 0 Å². The highest BCUT2D eigenvalue weighted by atomic mass is 35.5. The summed E-state index contributed by atoms with van der Waals surface area (Å²) < 4.78 is 27.0. The van der Waals surface area contributed by atoms with E-state index in [0.717, 1.165) is 32.6 Å². The number of rotatable bonds is 8. The lowest BCUT2D eigenvalue weighted by molar-refractivity contribution is 0.0761. The maximum absolute atomic E-state index is 13.1. The molecule has 1 aromatic rings. The first-order valence-corrected chi connectivity index (χ1v) is 12.0. The number of nitrogens with zero attached hydrogens (tertiary/aromatic N) is 4. The minimum absolute atomic E-state index is 0.108. The zero-order valence-corrected chi connectivity index (χ0v) is 19.5. The molecule has 29 heavy (non-hydrogen) atoms. The molecule has 1 heterocycles. The van der Waals surface area contributed by atoms with Gasteiger partial charge in [-0.1, -0.05) is 25.4 Å². The number of sulfonamides is 1. The van der Waals surface area contributed by atoms with Gasteiger partial charge in [0.05, 0.1) is 15.5 Å². The maximum Gasteiger partial charge on any atom is 0.255 e. The Kier molecular flexibility index (Phi) is 8.91. The van der Waals surface area contributed by atoms with E-state index in [1.54, 1.807) is 18.7 Å². The maximum atomic E-state index is 13.1. The molecular formula is C20H33ClN4O3S. The number of likely N-dealkylation sites (N-methyl/N-ethyl adjacent to an activating group) is 1. The predicted octanol–water partition coefficient (Wildman–Crippen LogP) is 2.08. The topological polar surface area (TPSA) is 64.2 Å². The summed E-state index contributed by atoms with van der Waals surface area (Å²) in [4.78, 5) is 19.5. The molecule has 0 unspecified atom stereocenters. The van der Waals surface area contributed by atoms with Crippen LogP contribution in [0.5, 0.6) is 0 Å². The van der Waals surface area contributed by atoms with E-state index in [9.17, 15) is 13.2 Å². The molecule has 164 valence electrons. The first-order chi connectivity index (χ1) is 13.7. The van der Waals surface area contributed by atoms with Crippen molar-refractivity contribution < 1.29 is 13.2 Å². The van der Waals surface area contributed by atoms with Crippen molar-refractivity contribution in [2.24, 2.45) is 0 Å². The van der Waals surface area contributed by atoms with Crippen LogP contribution >= 0.6 is 11.6 Å². The molecule has 1 saturated heterocycles. The smallest absolute Gasteiger partial charge is 0.255 e.